The molecule has 0 radical (unpaired) electrons. The maximum Gasteiger partial charge on any atom is 0.449 e. The van der Waals surface area contributed by atoms with Crippen LogP contribution in [0.15, 0.2) is 18.2 Å². The highest BCUT2D eigenvalue weighted by Crippen LogP contribution is 2.33. The van der Waals surface area contributed by atoms with Crippen LogP contribution in [0.3, 0.4) is 0 Å². The molecule has 1 aromatic heterocycles. The van der Waals surface area contributed by atoms with Crippen molar-refractivity contribution < 1.29 is 18.0 Å². The number of amides is 1. The molecular weight excluding hydrogens is 321 g/mol. The predicted octanol–water partition coefficient (Wildman–Crippen LogP) is 2.96. The number of fused-ring (bicyclic) bond motifs is 1. The number of rotatable bonds is 5. The third-order valence-corrected chi connectivity index (χ3v) is 3.74. The first kappa shape index (κ1) is 18.3. The van der Waals surface area contributed by atoms with Gasteiger partial charge in [-0.3, -0.25) is 4.79 Å². The molecule has 1 atom stereocenters. The van der Waals surface area contributed by atoms with Gasteiger partial charge < -0.3 is 15.6 Å². The van der Waals surface area contributed by atoms with Gasteiger partial charge in [-0.05, 0) is 44.5 Å². The van der Waals surface area contributed by atoms with E-state index in [1.807, 2.05) is 6.92 Å². The van der Waals surface area contributed by atoms with Crippen LogP contribution in [-0.2, 0) is 6.18 Å². The quantitative estimate of drug-likeness (QED) is 0.877. The van der Waals surface area contributed by atoms with Crippen molar-refractivity contribution in [3.05, 3.63) is 29.6 Å². The van der Waals surface area contributed by atoms with E-state index in [0.717, 1.165) is 4.57 Å². The number of hydrogen-bond acceptors (Lipinski definition) is 3. The Morgan fingerprint density at radius 1 is 1.33 bits per heavy atom. The Morgan fingerprint density at radius 3 is 2.54 bits per heavy atom. The molecule has 132 valence electrons. The maximum absolute atomic E-state index is 13.2. The second-order valence-electron chi connectivity index (χ2n) is 6.15. The molecule has 5 nitrogen and oxygen atoms in total. The Hall–Kier alpha value is -2.09. The Morgan fingerprint density at radius 2 is 2.00 bits per heavy atom. The lowest BCUT2D eigenvalue weighted by atomic mass is 10.1. The number of alkyl halides is 3. The van der Waals surface area contributed by atoms with Gasteiger partial charge in [0.05, 0.1) is 11.0 Å². The predicted molar refractivity (Wildman–Crippen MR) is 85.7 cm³/mol. The van der Waals surface area contributed by atoms with E-state index >= 15 is 0 Å². The minimum absolute atomic E-state index is 0.120. The smallest absolute Gasteiger partial charge is 0.352 e. The summed E-state index contributed by atoms with van der Waals surface area (Å²) in [5, 5.41) is 2.71. The third-order valence-electron chi connectivity index (χ3n) is 3.74. The molecule has 1 unspecified atom stereocenters. The standard InChI is InChI=1S/C16H21F3N4O/c1-9(2)23-13-5-4-11(14(24)21-8-10(3)7-20)6-12(13)22-15(23)16(17,18)19/h4-6,9-10H,7-8,20H2,1-3H3,(H,21,24). The van der Waals surface area contributed by atoms with Crippen molar-refractivity contribution in [3.63, 3.8) is 0 Å². The van der Waals surface area contributed by atoms with Gasteiger partial charge in [-0.2, -0.15) is 13.2 Å². The second-order valence-corrected chi connectivity index (χ2v) is 6.15. The normalized spacial score (nSPS) is 13.5. The van der Waals surface area contributed by atoms with Crippen molar-refractivity contribution in [3.8, 4) is 0 Å². The summed E-state index contributed by atoms with van der Waals surface area (Å²) in [4.78, 5) is 15.8. The lowest BCUT2D eigenvalue weighted by Crippen LogP contribution is -2.31. The molecule has 3 N–H and O–H groups in total. The average Bonchev–Trinajstić information content (AvgIpc) is 2.91. The Bertz CT molecular complexity index is 737. The summed E-state index contributed by atoms with van der Waals surface area (Å²) in [7, 11) is 0. The van der Waals surface area contributed by atoms with Crippen molar-refractivity contribution in [1.82, 2.24) is 14.9 Å². The minimum Gasteiger partial charge on any atom is -0.352 e. The number of carbonyl (C=O) groups is 1. The van der Waals surface area contributed by atoms with Crippen molar-refractivity contribution in [2.75, 3.05) is 13.1 Å². The van der Waals surface area contributed by atoms with E-state index in [9.17, 15) is 18.0 Å². The number of nitrogens with two attached hydrogens (primary N) is 1. The molecule has 0 aliphatic heterocycles. The zero-order valence-electron chi connectivity index (χ0n) is 13.8. The number of aromatic nitrogens is 2. The first-order valence-corrected chi connectivity index (χ1v) is 7.72. The van der Waals surface area contributed by atoms with Gasteiger partial charge in [0.2, 0.25) is 5.82 Å². The highest BCUT2D eigenvalue weighted by atomic mass is 19.4. The zero-order valence-corrected chi connectivity index (χ0v) is 13.8. The van der Waals surface area contributed by atoms with E-state index in [2.05, 4.69) is 10.3 Å². The zero-order chi connectivity index (χ0) is 18.1. The molecule has 2 aromatic rings. The van der Waals surface area contributed by atoms with E-state index in [4.69, 9.17) is 5.73 Å². The summed E-state index contributed by atoms with van der Waals surface area (Å²) in [5.41, 5.74) is 6.26. The Kier molecular flexibility index (Phi) is 5.17. The van der Waals surface area contributed by atoms with Crippen LogP contribution in [0.4, 0.5) is 13.2 Å². The fraction of sp³-hybridized carbons (Fsp3) is 0.500. The first-order valence-electron chi connectivity index (χ1n) is 7.72. The molecule has 0 saturated carbocycles. The van der Waals surface area contributed by atoms with Gasteiger partial charge in [0.1, 0.15) is 0 Å². The SMILES string of the molecule is CC(CN)CNC(=O)c1ccc2c(c1)nc(C(F)(F)F)n2C(C)C. The van der Waals surface area contributed by atoms with Gasteiger partial charge in [-0.25, -0.2) is 4.98 Å². The van der Waals surface area contributed by atoms with Gasteiger partial charge in [0, 0.05) is 18.2 Å². The average molecular weight is 342 g/mol. The summed E-state index contributed by atoms with van der Waals surface area (Å²) in [6, 6.07) is 3.98. The highest BCUT2D eigenvalue weighted by molar-refractivity contribution is 5.97. The second kappa shape index (κ2) is 6.80. The molecule has 0 aliphatic carbocycles. The van der Waals surface area contributed by atoms with Crippen LogP contribution in [0.1, 0.15) is 43.0 Å². The first-order chi connectivity index (χ1) is 11.1. The van der Waals surface area contributed by atoms with E-state index < -0.39 is 18.0 Å². The van der Waals surface area contributed by atoms with E-state index in [1.54, 1.807) is 13.8 Å². The van der Waals surface area contributed by atoms with Crippen LogP contribution in [0.5, 0.6) is 0 Å². The summed E-state index contributed by atoms with van der Waals surface area (Å²) in [6.07, 6.45) is -4.55. The van der Waals surface area contributed by atoms with Gasteiger partial charge in [-0.15, -0.1) is 0 Å². The molecule has 1 heterocycles. The summed E-state index contributed by atoms with van der Waals surface area (Å²) < 4.78 is 40.7. The van der Waals surface area contributed by atoms with Gasteiger partial charge >= 0.3 is 6.18 Å². The number of imidazole rings is 1. The fourth-order valence-corrected chi connectivity index (χ4v) is 2.42. The van der Waals surface area contributed by atoms with Crippen LogP contribution in [-0.4, -0.2) is 28.5 Å². The summed E-state index contributed by atoms with van der Waals surface area (Å²) in [5.74, 6) is -1.19. The molecule has 0 saturated heterocycles. The van der Waals surface area contributed by atoms with Crippen LogP contribution in [0.25, 0.3) is 11.0 Å². The van der Waals surface area contributed by atoms with Crippen LogP contribution < -0.4 is 11.1 Å². The van der Waals surface area contributed by atoms with Gasteiger partial charge in [0.25, 0.3) is 5.91 Å². The number of benzene rings is 1. The lowest BCUT2D eigenvalue weighted by Gasteiger charge is -2.14. The summed E-state index contributed by atoms with van der Waals surface area (Å²) >= 11 is 0. The number of carbonyl (C=O) groups excluding carboxylic acids is 1. The van der Waals surface area contributed by atoms with Crippen molar-refractivity contribution >= 4 is 16.9 Å². The molecule has 0 bridgehead atoms. The van der Waals surface area contributed by atoms with Crippen molar-refractivity contribution in [1.29, 1.82) is 0 Å². The number of nitrogens with zero attached hydrogens (tertiary/aromatic N) is 2. The van der Waals surface area contributed by atoms with E-state index in [0.29, 0.717) is 18.6 Å². The fourth-order valence-electron chi connectivity index (χ4n) is 2.42. The molecule has 1 amide bonds. The molecule has 8 heteroatoms. The maximum atomic E-state index is 13.2. The van der Waals surface area contributed by atoms with Crippen molar-refractivity contribution in [2.45, 2.75) is 33.0 Å². The topological polar surface area (TPSA) is 72.9 Å². The van der Waals surface area contributed by atoms with Crippen LogP contribution >= 0.6 is 0 Å². The molecule has 0 spiro atoms. The Balaban J connectivity index is 2.40. The monoisotopic (exact) mass is 342 g/mol. The summed E-state index contributed by atoms with van der Waals surface area (Å²) in [6.45, 7) is 6.05. The minimum atomic E-state index is -4.55. The number of nitrogens with one attached hydrogen (secondary N) is 1. The largest absolute Gasteiger partial charge is 0.449 e. The van der Waals surface area contributed by atoms with Crippen LogP contribution in [0, 0.1) is 5.92 Å². The Labute approximate surface area is 138 Å². The van der Waals surface area contributed by atoms with Gasteiger partial charge in [-0.1, -0.05) is 6.92 Å². The molecule has 0 fully saturated rings. The molecule has 2 rings (SSSR count). The third kappa shape index (κ3) is 3.69. The number of halogens is 3. The molecule has 24 heavy (non-hydrogen) atoms. The molecule has 1 aromatic carbocycles. The van der Waals surface area contributed by atoms with E-state index in [-0.39, 0.29) is 22.9 Å². The van der Waals surface area contributed by atoms with Crippen molar-refractivity contribution in [2.24, 2.45) is 11.7 Å². The lowest BCUT2D eigenvalue weighted by molar-refractivity contribution is -0.147. The highest BCUT2D eigenvalue weighted by Gasteiger charge is 2.38. The molecular formula is C16H21F3N4O. The van der Waals surface area contributed by atoms with Crippen LogP contribution in [0.2, 0.25) is 0 Å². The number of hydrogen-bond donors (Lipinski definition) is 2. The van der Waals surface area contributed by atoms with E-state index in [1.165, 1.54) is 18.2 Å². The molecule has 0 aliphatic rings. The van der Waals surface area contributed by atoms with Gasteiger partial charge in [0.15, 0.2) is 0 Å².